The van der Waals surface area contributed by atoms with E-state index in [0.29, 0.717) is 22.3 Å². The van der Waals surface area contributed by atoms with Crippen LogP contribution in [0, 0.1) is 6.92 Å². The molecular weight excluding hydrogens is 374 g/mol. The number of hydrogen-bond donors (Lipinski definition) is 1. The molecule has 0 radical (unpaired) electrons. The van der Waals surface area contributed by atoms with Gasteiger partial charge in [0.15, 0.2) is 0 Å². The number of rotatable bonds is 4. The highest BCUT2D eigenvalue weighted by Gasteiger charge is 2.17. The zero-order valence-corrected chi connectivity index (χ0v) is 16.8. The van der Waals surface area contributed by atoms with E-state index < -0.39 is 23.3 Å². The van der Waals surface area contributed by atoms with Crippen molar-refractivity contribution in [2.75, 3.05) is 6.54 Å². The maximum absolute atomic E-state index is 12.3. The van der Waals surface area contributed by atoms with Crippen LogP contribution in [0.1, 0.15) is 32.8 Å². The fraction of sp³-hybridized carbons (Fsp3) is 0.318. The van der Waals surface area contributed by atoms with Crippen LogP contribution >= 0.6 is 0 Å². The highest BCUT2D eigenvalue weighted by molar-refractivity contribution is 6.05. The predicted molar refractivity (Wildman–Crippen MR) is 109 cm³/mol. The lowest BCUT2D eigenvalue weighted by molar-refractivity contribution is -0.134. The summed E-state index contributed by atoms with van der Waals surface area (Å²) in [5.74, 6) is -0.218. The first-order valence-electron chi connectivity index (χ1n) is 9.28. The molecule has 0 atom stereocenters. The molecule has 1 N–H and O–H groups in total. The highest BCUT2D eigenvalue weighted by atomic mass is 16.6. The van der Waals surface area contributed by atoms with E-state index in [9.17, 15) is 14.4 Å². The molecular formula is C22H23NO6. The Morgan fingerprint density at radius 1 is 1.03 bits per heavy atom. The molecule has 7 heteroatoms. The lowest BCUT2D eigenvalue weighted by atomic mass is 10.0. The first-order chi connectivity index (χ1) is 13.7. The quantitative estimate of drug-likeness (QED) is 0.309. The van der Waals surface area contributed by atoms with Crippen LogP contribution < -0.4 is 15.7 Å². The van der Waals surface area contributed by atoms with Crippen molar-refractivity contribution in [2.24, 2.45) is 0 Å². The molecule has 1 heterocycles. The molecule has 0 saturated heterocycles. The van der Waals surface area contributed by atoms with E-state index in [4.69, 9.17) is 13.9 Å². The lowest BCUT2D eigenvalue weighted by Gasteiger charge is -2.19. The fourth-order valence-electron chi connectivity index (χ4n) is 2.93. The molecule has 29 heavy (non-hydrogen) atoms. The van der Waals surface area contributed by atoms with Gasteiger partial charge in [0.25, 0.3) is 0 Å². The zero-order valence-electron chi connectivity index (χ0n) is 16.8. The molecule has 152 valence electrons. The van der Waals surface area contributed by atoms with Crippen molar-refractivity contribution < 1.29 is 23.5 Å². The molecule has 1 amide bonds. The minimum atomic E-state index is -0.610. The minimum Gasteiger partial charge on any atom is -0.444 e. The van der Waals surface area contributed by atoms with Crippen molar-refractivity contribution in [1.29, 1.82) is 0 Å². The van der Waals surface area contributed by atoms with Crippen LogP contribution in [0.3, 0.4) is 0 Å². The number of nitrogens with one attached hydrogen (secondary N) is 1. The van der Waals surface area contributed by atoms with Gasteiger partial charge in [0.2, 0.25) is 0 Å². The topological polar surface area (TPSA) is 94.8 Å². The van der Waals surface area contributed by atoms with E-state index in [1.54, 1.807) is 52.0 Å². The van der Waals surface area contributed by atoms with Gasteiger partial charge in [0.05, 0.1) is 11.8 Å². The van der Waals surface area contributed by atoms with Crippen molar-refractivity contribution in [3.8, 4) is 5.75 Å². The van der Waals surface area contributed by atoms with Gasteiger partial charge in [-0.1, -0.05) is 18.2 Å². The average Bonchev–Trinajstić information content (AvgIpc) is 2.63. The Bertz CT molecular complexity index is 1140. The monoisotopic (exact) mass is 397 g/mol. The summed E-state index contributed by atoms with van der Waals surface area (Å²) in [5, 5.41) is 4.55. The second-order valence-electron chi connectivity index (χ2n) is 7.65. The summed E-state index contributed by atoms with van der Waals surface area (Å²) in [6, 6.07) is 10.6. The molecule has 1 aromatic heterocycles. The number of amides is 1. The Labute approximate surface area is 167 Å². The number of esters is 1. The smallest absolute Gasteiger partial charge is 0.407 e. The van der Waals surface area contributed by atoms with Gasteiger partial charge in [-0.25, -0.2) is 9.59 Å². The SMILES string of the molecule is Cc1c(OC(=O)CCNC(=O)OC(C)(C)C)ccc2c1oc(=O)c1ccccc12. The summed E-state index contributed by atoms with van der Waals surface area (Å²) < 4.78 is 16.0. The van der Waals surface area contributed by atoms with Gasteiger partial charge in [-0.2, -0.15) is 0 Å². The molecule has 0 saturated carbocycles. The van der Waals surface area contributed by atoms with Crippen LogP contribution in [0.5, 0.6) is 5.75 Å². The number of fused-ring (bicyclic) bond motifs is 3. The van der Waals surface area contributed by atoms with Gasteiger partial charge in [-0.05, 0) is 51.3 Å². The Kier molecular flexibility index (Phi) is 5.59. The normalized spacial score (nSPS) is 11.4. The number of carbonyl (C=O) groups excluding carboxylic acids is 2. The lowest BCUT2D eigenvalue weighted by Crippen LogP contribution is -2.34. The molecule has 0 aliphatic carbocycles. The summed E-state index contributed by atoms with van der Waals surface area (Å²) >= 11 is 0. The average molecular weight is 397 g/mol. The molecule has 3 aromatic rings. The van der Waals surface area contributed by atoms with Crippen molar-refractivity contribution in [2.45, 2.75) is 39.7 Å². The Morgan fingerprint density at radius 2 is 1.72 bits per heavy atom. The number of alkyl carbamates (subject to hydrolysis) is 1. The van der Waals surface area contributed by atoms with Crippen molar-refractivity contribution in [3.63, 3.8) is 0 Å². The van der Waals surface area contributed by atoms with Crippen molar-refractivity contribution >= 4 is 33.8 Å². The van der Waals surface area contributed by atoms with Crippen LogP contribution in [0.15, 0.2) is 45.6 Å². The summed E-state index contributed by atoms with van der Waals surface area (Å²) in [5.41, 5.74) is -0.119. The molecule has 0 aliphatic rings. The first kappa shape index (κ1) is 20.4. The molecule has 0 bridgehead atoms. The third kappa shape index (κ3) is 4.74. The van der Waals surface area contributed by atoms with Gasteiger partial charge in [-0.3, -0.25) is 4.79 Å². The second kappa shape index (κ2) is 7.95. The van der Waals surface area contributed by atoms with Gasteiger partial charge >= 0.3 is 17.7 Å². The number of aryl methyl sites for hydroxylation is 1. The molecule has 0 unspecified atom stereocenters. The minimum absolute atomic E-state index is 0.0294. The summed E-state index contributed by atoms with van der Waals surface area (Å²) in [7, 11) is 0. The van der Waals surface area contributed by atoms with Crippen LogP contribution in [-0.2, 0) is 9.53 Å². The molecule has 0 aliphatic heterocycles. The van der Waals surface area contributed by atoms with E-state index in [0.717, 1.165) is 10.8 Å². The van der Waals surface area contributed by atoms with Crippen LogP contribution in [-0.4, -0.2) is 24.2 Å². The largest absolute Gasteiger partial charge is 0.444 e. The highest BCUT2D eigenvalue weighted by Crippen LogP contribution is 2.30. The maximum atomic E-state index is 12.3. The summed E-state index contributed by atoms with van der Waals surface area (Å²) in [6.45, 7) is 7.07. The maximum Gasteiger partial charge on any atom is 0.407 e. The van der Waals surface area contributed by atoms with Gasteiger partial charge in [0, 0.05) is 17.5 Å². The first-order valence-corrected chi connectivity index (χ1v) is 9.28. The van der Waals surface area contributed by atoms with Crippen LogP contribution in [0.2, 0.25) is 0 Å². The zero-order chi connectivity index (χ0) is 21.2. The van der Waals surface area contributed by atoms with Gasteiger partial charge in [0.1, 0.15) is 16.9 Å². The third-order valence-corrected chi connectivity index (χ3v) is 4.21. The molecule has 2 aromatic carbocycles. The standard InChI is InChI=1S/C22H23NO6/c1-13-17(27-18(24)11-12-23-21(26)29-22(2,3)4)10-9-15-14-7-5-6-8-16(14)20(25)28-19(13)15/h5-10H,11-12H2,1-4H3,(H,23,26). The van der Waals surface area contributed by atoms with Crippen LogP contribution in [0.25, 0.3) is 21.7 Å². The third-order valence-electron chi connectivity index (χ3n) is 4.21. The second-order valence-corrected chi connectivity index (χ2v) is 7.65. The van der Waals surface area contributed by atoms with Crippen LogP contribution in [0.4, 0.5) is 4.79 Å². The van der Waals surface area contributed by atoms with E-state index >= 15 is 0 Å². The Morgan fingerprint density at radius 3 is 2.41 bits per heavy atom. The molecule has 0 spiro atoms. The predicted octanol–water partition coefficient (Wildman–Crippen LogP) is 4.07. The number of ether oxygens (including phenoxy) is 2. The molecule has 0 fully saturated rings. The fourth-order valence-corrected chi connectivity index (χ4v) is 2.93. The van der Waals surface area contributed by atoms with E-state index in [2.05, 4.69) is 5.32 Å². The number of carbonyl (C=O) groups is 2. The van der Waals surface area contributed by atoms with Gasteiger partial charge < -0.3 is 19.2 Å². The number of hydrogen-bond acceptors (Lipinski definition) is 6. The molecule has 7 nitrogen and oxygen atoms in total. The van der Waals surface area contributed by atoms with Gasteiger partial charge in [-0.15, -0.1) is 0 Å². The molecule has 3 rings (SSSR count). The van der Waals surface area contributed by atoms with Crippen molar-refractivity contribution in [1.82, 2.24) is 5.32 Å². The summed E-state index contributed by atoms with van der Waals surface area (Å²) in [6.07, 6.45) is -0.626. The Balaban J connectivity index is 1.73. The van der Waals surface area contributed by atoms with E-state index in [1.807, 2.05) is 12.1 Å². The van der Waals surface area contributed by atoms with E-state index in [-0.39, 0.29) is 13.0 Å². The Hall–Kier alpha value is -3.35. The van der Waals surface area contributed by atoms with Crippen molar-refractivity contribution in [3.05, 3.63) is 52.4 Å². The summed E-state index contributed by atoms with van der Waals surface area (Å²) in [4.78, 5) is 36.0. The number of benzene rings is 2. The van der Waals surface area contributed by atoms with E-state index in [1.165, 1.54) is 0 Å².